The van der Waals surface area contributed by atoms with Crippen molar-refractivity contribution in [2.75, 3.05) is 0 Å². The minimum Gasteiger partial charge on any atom is -0.208 e. The van der Waals surface area contributed by atoms with Crippen LogP contribution in [0.4, 0.5) is 13.2 Å². The van der Waals surface area contributed by atoms with Gasteiger partial charge in [-0.1, -0.05) is 18.2 Å². The quantitative estimate of drug-likeness (QED) is 0.747. The third-order valence-corrected chi connectivity index (χ3v) is 4.29. The van der Waals surface area contributed by atoms with E-state index in [9.17, 15) is 21.6 Å². The Hall–Kier alpha value is -0.690. The van der Waals surface area contributed by atoms with E-state index in [1.807, 2.05) is 0 Å². The van der Waals surface area contributed by atoms with Gasteiger partial charge in [0.1, 0.15) is 0 Å². The fourth-order valence-corrected chi connectivity index (χ4v) is 2.64. The van der Waals surface area contributed by atoms with E-state index in [1.165, 1.54) is 24.3 Å². The second-order valence-electron chi connectivity index (χ2n) is 2.30. The highest BCUT2D eigenvalue weighted by atomic mass is 33.1. The van der Waals surface area contributed by atoms with Crippen molar-refractivity contribution in [3.63, 3.8) is 0 Å². The first-order valence-corrected chi connectivity index (χ1v) is 6.20. The van der Waals surface area contributed by atoms with Gasteiger partial charge in [0, 0.05) is 15.7 Å². The summed E-state index contributed by atoms with van der Waals surface area (Å²) >= 11 is 0. The molecule has 0 aliphatic rings. The summed E-state index contributed by atoms with van der Waals surface area (Å²) in [6, 6.07) is 7.12. The molecule has 0 aliphatic carbocycles. The topological polar surface area (TPSA) is 34.1 Å². The molecule has 1 aromatic carbocycles. The van der Waals surface area contributed by atoms with Crippen molar-refractivity contribution < 1.29 is 21.6 Å². The Morgan fingerprint density at radius 3 is 2.00 bits per heavy atom. The molecule has 0 aliphatic heterocycles. The van der Waals surface area contributed by atoms with Gasteiger partial charge in [0.05, 0.1) is 0 Å². The Balaban J connectivity index is 2.91. The predicted octanol–water partition coefficient (Wildman–Crippen LogP) is 2.63. The lowest BCUT2D eigenvalue weighted by molar-refractivity contribution is -0.0410. The van der Waals surface area contributed by atoms with Crippen molar-refractivity contribution in [2.45, 2.75) is 10.4 Å². The lowest BCUT2D eigenvalue weighted by Crippen LogP contribution is -2.19. The molecule has 0 saturated carbocycles. The Morgan fingerprint density at radius 1 is 1.07 bits per heavy atom. The van der Waals surface area contributed by atoms with Gasteiger partial charge in [0.25, 0.3) is 0 Å². The van der Waals surface area contributed by atoms with Gasteiger partial charge in [0.15, 0.2) is 0 Å². The van der Waals surface area contributed by atoms with Crippen molar-refractivity contribution in [1.82, 2.24) is 0 Å². The third-order valence-electron chi connectivity index (χ3n) is 1.23. The van der Waals surface area contributed by atoms with Crippen molar-refractivity contribution >= 4 is 19.7 Å². The molecule has 2 nitrogen and oxygen atoms in total. The summed E-state index contributed by atoms with van der Waals surface area (Å²) in [5.74, 6) is 0. The monoisotopic (exact) mass is 242 g/mol. The molecule has 0 heterocycles. The van der Waals surface area contributed by atoms with Crippen LogP contribution in [0.5, 0.6) is 0 Å². The highest BCUT2D eigenvalue weighted by Crippen LogP contribution is 2.36. The number of rotatable bonds is 2. The van der Waals surface area contributed by atoms with Crippen molar-refractivity contribution in [3.05, 3.63) is 30.3 Å². The molecule has 14 heavy (non-hydrogen) atoms. The maximum Gasteiger partial charge on any atom is 0.507 e. The second-order valence-corrected chi connectivity index (χ2v) is 6.12. The van der Waals surface area contributed by atoms with Crippen LogP contribution >= 0.6 is 10.8 Å². The highest BCUT2D eigenvalue weighted by molar-refractivity contribution is 8.72. The van der Waals surface area contributed by atoms with Crippen LogP contribution in [0.1, 0.15) is 0 Å². The van der Waals surface area contributed by atoms with Crippen LogP contribution < -0.4 is 0 Å². The van der Waals surface area contributed by atoms with Crippen LogP contribution in [0, 0.1) is 0 Å². The first-order chi connectivity index (χ1) is 6.33. The number of hydrogen-bond acceptors (Lipinski definition) is 3. The average Bonchev–Trinajstić information content (AvgIpc) is 2.03. The molecule has 0 aromatic heterocycles. The maximum absolute atomic E-state index is 11.9. The van der Waals surface area contributed by atoms with E-state index in [0.29, 0.717) is 0 Å². The van der Waals surface area contributed by atoms with Gasteiger partial charge in [-0.2, -0.15) is 13.2 Å². The summed E-state index contributed by atoms with van der Waals surface area (Å²) in [5, 5.41) is 0. The number of hydrogen-bond donors (Lipinski definition) is 0. The van der Waals surface area contributed by atoms with E-state index in [0.717, 1.165) is 0 Å². The SMILES string of the molecule is O=S(=O)(Sc1ccccc1)C(F)(F)F. The number of alkyl halides is 3. The molecule has 78 valence electrons. The summed E-state index contributed by atoms with van der Waals surface area (Å²) in [7, 11) is -5.33. The largest absolute Gasteiger partial charge is 0.507 e. The van der Waals surface area contributed by atoms with Crippen LogP contribution in [0.2, 0.25) is 0 Å². The Kier molecular flexibility index (Phi) is 3.10. The van der Waals surface area contributed by atoms with Gasteiger partial charge in [0.2, 0.25) is 0 Å². The summed E-state index contributed by atoms with van der Waals surface area (Å²) in [5.41, 5.74) is -5.21. The molecule has 0 saturated heterocycles. The van der Waals surface area contributed by atoms with E-state index < -0.39 is 14.4 Å². The molecule has 0 amide bonds. The van der Waals surface area contributed by atoms with Crippen molar-refractivity contribution in [1.29, 1.82) is 0 Å². The number of halogens is 3. The van der Waals surface area contributed by atoms with E-state index in [2.05, 4.69) is 0 Å². The first kappa shape index (κ1) is 11.4. The Labute approximate surface area is 82.4 Å². The first-order valence-electron chi connectivity index (χ1n) is 3.39. The normalized spacial score (nSPS) is 12.8. The third kappa shape index (κ3) is 2.65. The summed E-state index contributed by atoms with van der Waals surface area (Å²) in [6.45, 7) is 0. The molecule has 0 unspecified atom stereocenters. The Bertz CT molecular complexity index is 397. The molecule has 1 rings (SSSR count). The van der Waals surface area contributed by atoms with Crippen molar-refractivity contribution in [2.24, 2.45) is 0 Å². The van der Waals surface area contributed by atoms with Gasteiger partial charge in [-0.15, -0.1) is 0 Å². The molecule has 0 atom stereocenters. The van der Waals surface area contributed by atoms with E-state index >= 15 is 0 Å². The molecular formula is C7H5F3O2S2. The highest BCUT2D eigenvalue weighted by Gasteiger charge is 2.46. The second kappa shape index (κ2) is 3.82. The molecule has 0 spiro atoms. The van der Waals surface area contributed by atoms with Gasteiger partial charge < -0.3 is 0 Å². The standard InChI is InChI=1S/C7H5F3O2S2/c8-7(9,10)14(11,12)13-6-4-2-1-3-5-6/h1-5H. The van der Waals surface area contributed by atoms with Crippen LogP contribution in [-0.2, 0) is 8.87 Å². The molecule has 7 heteroatoms. The predicted molar refractivity (Wildman–Crippen MR) is 47.3 cm³/mol. The lowest BCUT2D eigenvalue weighted by atomic mass is 10.4. The fourth-order valence-electron chi connectivity index (χ4n) is 0.650. The summed E-state index contributed by atoms with van der Waals surface area (Å²) in [4.78, 5) is 0.0461. The van der Waals surface area contributed by atoms with Crippen molar-refractivity contribution in [3.8, 4) is 0 Å². The van der Waals surface area contributed by atoms with E-state index in [-0.39, 0.29) is 15.7 Å². The van der Waals surface area contributed by atoms with Gasteiger partial charge in [-0.05, 0) is 12.1 Å². The minimum absolute atomic E-state index is 0.0461. The van der Waals surface area contributed by atoms with Gasteiger partial charge >= 0.3 is 14.4 Å². The van der Waals surface area contributed by atoms with Crippen LogP contribution in [0.3, 0.4) is 0 Å². The van der Waals surface area contributed by atoms with E-state index in [1.54, 1.807) is 6.07 Å². The molecule has 0 bridgehead atoms. The van der Waals surface area contributed by atoms with E-state index in [4.69, 9.17) is 0 Å². The fraction of sp³-hybridized carbons (Fsp3) is 0.143. The van der Waals surface area contributed by atoms with Crippen LogP contribution in [-0.4, -0.2) is 13.9 Å². The lowest BCUT2D eigenvalue weighted by Gasteiger charge is -2.06. The van der Waals surface area contributed by atoms with Gasteiger partial charge in [-0.3, -0.25) is 0 Å². The Morgan fingerprint density at radius 2 is 1.57 bits per heavy atom. The smallest absolute Gasteiger partial charge is 0.208 e. The average molecular weight is 242 g/mol. The molecule has 0 fully saturated rings. The molecule has 1 aromatic rings. The zero-order chi connectivity index (χ0) is 10.8. The van der Waals surface area contributed by atoms with Crippen LogP contribution in [0.15, 0.2) is 35.2 Å². The molecule has 0 N–H and O–H groups in total. The molecular weight excluding hydrogens is 237 g/mol. The zero-order valence-electron chi connectivity index (χ0n) is 6.65. The van der Waals surface area contributed by atoms with Gasteiger partial charge in [-0.25, -0.2) is 8.42 Å². The molecule has 0 radical (unpaired) electrons. The summed E-state index contributed by atoms with van der Waals surface area (Å²) in [6.07, 6.45) is 0. The maximum atomic E-state index is 11.9. The summed E-state index contributed by atoms with van der Waals surface area (Å²) < 4.78 is 57.0. The minimum atomic E-state index is -5.21. The van der Waals surface area contributed by atoms with Crippen LogP contribution in [0.25, 0.3) is 0 Å². The number of benzene rings is 1. The zero-order valence-corrected chi connectivity index (χ0v) is 8.29.